The molecule has 1 amide bonds. The number of amides is 1. The fourth-order valence-corrected chi connectivity index (χ4v) is 3.81. The maximum atomic E-state index is 13.6. The van der Waals surface area contributed by atoms with Gasteiger partial charge in [-0.1, -0.05) is 24.3 Å². The van der Waals surface area contributed by atoms with Crippen LogP contribution >= 0.6 is 0 Å². The summed E-state index contributed by atoms with van der Waals surface area (Å²) in [6.45, 7) is 6.74. The highest BCUT2D eigenvalue weighted by Gasteiger charge is 2.38. The van der Waals surface area contributed by atoms with Gasteiger partial charge in [0, 0.05) is 18.0 Å². The number of nitrogens with zero attached hydrogens (tertiary/aromatic N) is 1. The molecule has 1 unspecified atom stereocenters. The average Bonchev–Trinajstić information content (AvgIpc) is 2.68. The summed E-state index contributed by atoms with van der Waals surface area (Å²) < 4.78 is 58.2. The number of halogens is 4. The number of hydrogen-bond acceptors (Lipinski definition) is 3. The van der Waals surface area contributed by atoms with Crippen LogP contribution in [0.25, 0.3) is 0 Å². The summed E-state index contributed by atoms with van der Waals surface area (Å²) in [6, 6.07) is 10.2. The minimum Gasteiger partial charge on any atom is -0.457 e. The summed E-state index contributed by atoms with van der Waals surface area (Å²) in [7, 11) is 0. The third-order valence-corrected chi connectivity index (χ3v) is 5.31. The number of allylic oxidation sites excluding steroid dienone is 1. The van der Waals surface area contributed by atoms with Crippen molar-refractivity contribution in [3.63, 3.8) is 0 Å². The van der Waals surface area contributed by atoms with Crippen LogP contribution in [0.2, 0.25) is 0 Å². The van der Waals surface area contributed by atoms with Crippen molar-refractivity contribution in [3.8, 4) is 0 Å². The number of rotatable bonds is 4. The Morgan fingerprint density at radius 1 is 1.09 bits per heavy atom. The molecular formula is C25H25F4NO3. The first-order chi connectivity index (χ1) is 15.3. The lowest BCUT2D eigenvalue weighted by Crippen LogP contribution is -2.39. The monoisotopic (exact) mass is 463 g/mol. The van der Waals surface area contributed by atoms with E-state index in [1.165, 1.54) is 35.2 Å². The van der Waals surface area contributed by atoms with E-state index >= 15 is 0 Å². The van der Waals surface area contributed by atoms with Crippen LogP contribution in [0.1, 0.15) is 56.7 Å². The van der Waals surface area contributed by atoms with Crippen LogP contribution < -0.4 is 0 Å². The van der Waals surface area contributed by atoms with Gasteiger partial charge in [-0.15, -0.1) is 0 Å². The Morgan fingerprint density at radius 3 is 2.27 bits per heavy atom. The summed E-state index contributed by atoms with van der Waals surface area (Å²) >= 11 is 0. The van der Waals surface area contributed by atoms with Gasteiger partial charge in [-0.25, -0.2) is 9.18 Å². The van der Waals surface area contributed by atoms with Crippen LogP contribution in [0.4, 0.5) is 17.6 Å². The molecule has 0 aliphatic carbocycles. The zero-order chi connectivity index (χ0) is 24.6. The van der Waals surface area contributed by atoms with Crippen LogP contribution in [0.15, 0.2) is 59.8 Å². The van der Waals surface area contributed by atoms with Crippen molar-refractivity contribution in [2.75, 3.05) is 0 Å². The first kappa shape index (κ1) is 24.5. The molecule has 0 fully saturated rings. The molecule has 1 aliphatic rings. The zero-order valence-electron chi connectivity index (χ0n) is 18.8. The Hall–Kier alpha value is -3.16. The number of alkyl halides is 3. The normalized spacial score (nSPS) is 17.4. The smallest absolute Gasteiger partial charge is 0.416 e. The van der Waals surface area contributed by atoms with Crippen LogP contribution in [0.3, 0.4) is 0 Å². The van der Waals surface area contributed by atoms with Gasteiger partial charge in [0.05, 0.1) is 17.7 Å². The standard InChI is InChI=1S/C25H25F4NO3/c1-15-22(23(32)33-24(2,3)4)20(17-8-10-18(11-9-17)25(27,28)29)13-21(31)30(15)14-16-6-5-7-19(26)12-16/h5-12,20H,13-14H2,1-4H3. The number of benzene rings is 2. The molecule has 1 aliphatic heterocycles. The molecule has 0 saturated heterocycles. The molecule has 176 valence electrons. The minimum absolute atomic E-state index is 0.0501. The van der Waals surface area contributed by atoms with Crippen molar-refractivity contribution in [1.29, 1.82) is 0 Å². The largest absolute Gasteiger partial charge is 0.457 e. The van der Waals surface area contributed by atoms with Crippen molar-refractivity contribution in [1.82, 2.24) is 4.90 Å². The second kappa shape index (κ2) is 9.00. The highest BCUT2D eigenvalue weighted by molar-refractivity contribution is 5.96. The van der Waals surface area contributed by atoms with Gasteiger partial charge in [0.25, 0.3) is 0 Å². The van der Waals surface area contributed by atoms with Crippen LogP contribution in [0.5, 0.6) is 0 Å². The fraction of sp³-hybridized carbons (Fsp3) is 0.360. The van der Waals surface area contributed by atoms with E-state index in [4.69, 9.17) is 4.74 Å². The van der Waals surface area contributed by atoms with Gasteiger partial charge in [-0.05, 0) is 63.1 Å². The molecule has 0 bridgehead atoms. The maximum Gasteiger partial charge on any atom is 0.416 e. The maximum absolute atomic E-state index is 13.6. The second-order valence-electron chi connectivity index (χ2n) is 8.99. The van der Waals surface area contributed by atoms with E-state index in [9.17, 15) is 27.2 Å². The zero-order valence-corrected chi connectivity index (χ0v) is 18.8. The average molecular weight is 463 g/mol. The van der Waals surface area contributed by atoms with E-state index in [1.807, 2.05) is 0 Å². The van der Waals surface area contributed by atoms with Crippen LogP contribution in [0, 0.1) is 5.82 Å². The summed E-state index contributed by atoms with van der Waals surface area (Å²) in [5.74, 6) is -2.19. The van der Waals surface area contributed by atoms with E-state index in [0.717, 1.165) is 12.1 Å². The molecular weight excluding hydrogens is 438 g/mol. The molecule has 0 aromatic heterocycles. The van der Waals surface area contributed by atoms with Crippen molar-refractivity contribution >= 4 is 11.9 Å². The lowest BCUT2D eigenvalue weighted by molar-refractivity contribution is -0.151. The Balaban J connectivity index is 2.04. The van der Waals surface area contributed by atoms with Gasteiger partial charge < -0.3 is 9.64 Å². The Kier molecular flexibility index (Phi) is 6.68. The van der Waals surface area contributed by atoms with E-state index in [0.29, 0.717) is 16.8 Å². The third kappa shape index (κ3) is 5.80. The second-order valence-corrected chi connectivity index (χ2v) is 8.99. The van der Waals surface area contributed by atoms with Gasteiger partial charge in [0.1, 0.15) is 11.4 Å². The van der Waals surface area contributed by atoms with Crippen LogP contribution in [-0.2, 0) is 27.0 Å². The lowest BCUT2D eigenvalue weighted by Gasteiger charge is -2.35. The van der Waals surface area contributed by atoms with Crippen molar-refractivity contribution in [2.24, 2.45) is 0 Å². The molecule has 1 heterocycles. The lowest BCUT2D eigenvalue weighted by atomic mass is 9.83. The Bertz CT molecular complexity index is 1080. The first-order valence-corrected chi connectivity index (χ1v) is 10.4. The molecule has 0 radical (unpaired) electrons. The fourth-order valence-electron chi connectivity index (χ4n) is 3.81. The van der Waals surface area contributed by atoms with Gasteiger partial charge >= 0.3 is 12.1 Å². The summed E-state index contributed by atoms with van der Waals surface area (Å²) in [4.78, 5) is 27.5. The summed E-state index contributed by atoms with van der Waals surface area (Å²) in [5, 5.41) is 0. The van der Waals surface area contributed by atoms with E-state index in [-0.39, 0.29) is 24.4 Å². The Morgan fingerprint density at radius 2 is 1.73 bits per heavy atom. The predicted molar refractivity (Wildman–Crippen MR) is 114 cm³/mol. The summed E-state index contributed by atoms with van der Waals surface area (Å²) in [5.41, 5.74) is -0.165. The Labute approximate surface area is 189 Å². The van der Waals surface area contributed by atoms with E-state index in [2.05, 4.69) is 0 Å². The molecule has 2 aromatic rings. The van der Waals surface area contributed by atoms with Gasteiger partial charge in [0.15, 0.2) is 0 Å². The number of ether oxygens (including phenoxy) is 1. The first-order valence-electron chi connectivity index (χ1n) is 10.4. The molecule has 33 heavy (non-hydrogen) atoms. The SMILES string of the molecule is CC1=C(C(=O)OC(C)(C)C)C(c2ccc(C(F)(F)F)cc2)CC(=O)N1Cc1cccc(F)c1. The van der Waals surface area contributed by atoms with E-state index < -0.39 is 35.0 Å². The molecule has 1 atom stereocenters. The molecule has 3 rings (SSSR count). The van der Waals surface area contributed by atoms with Crippen molar-refractivity contribution in [2.45, 2.75) is 58.4 Å². The number of carbonyl (C=O) groups is 2. The molecule has 0 spiro atoms. The van der Waals surface area contributed by atoms with Gasteiger partial charge in [0.2, 0.25) is 5.91 Å². The van der Waals surface area contributed by atoms with Crippen LogP contribution in [-0.4, -0.2) is 22.4 Å². The highest BCUT2D eigenvalue weighted by atomic mass is 19.4. The number of carbonyl (C=O) groups excluding carboxylic acids is 2. The number of esters is 1. The predicted octanol–water partition coefficient (Wildman–Crippen LogP) is 5.98. The van der Waals surface area contributed by atoms with Crippen molar-refractivity contribution < 1.29 is 31.9 Å². The van der Waals surface area contributed by atoms with Gasteiger partial charge in [-0.2, -0.15) is 13.2 Å². The summed E-state index contributed by atoms with van der Waals surface area (Å²) in [6.07, 6.45) is -4.63. The molecule has 4 nitrogen and oxygen atoms in total. The number of hydrogen-bond donors (Lipinski definition) is 0. The van der Waals surface area contributed by atoms with Crippen molar-refractivity contribution in [3.05, 3.63) is 82.3 Å². The molecule has 2 aromatic carbocycles. The molecule has 0 saturated carbocycles. The minimum atomic E-state index is -4.50. The van der Waals surface area contributed by atoms with Gasteiger partial charge in [-0.3, -0.25) is 4.79 Å². The quantitative estimate of drug-likeness (QED) is 0.414. The molecule has 0 N–H and O–H groups in total. The highest BCUT2D eigenvalue weighted by Crippen LogP contribution is 2.39. The molecule has 8 heteroatoms. The topological polar surface area (TPSA) is 46.6 Å². The third-order valence-electron chi connectivity index (χ3n) is 5.31. The van der Waals surface area contributed by atoms with E-state index in [1.54, 1.807) is 33.8 Å².